The highest BCUT2D eigenvalue weighted by Gasteiger charge is 2.18. The van der Waals surface area contributed by atoms with Crippen molar-refractivity contribution in [2.24, 2.45) is 0 Å². The summed E-state index contributed by atoms with van der Waals surface area (Å²) in [6.07, 6.45) is 1.58. The zero-order chi connectivity index (χ0) is 12.5. The second-order valence-electron chi connectivity index (χ2n) is 3.37. The SMILES string of the molecule is CCc1cc(Br)c(S(C)(=O)=O)cc1C(=O)O. The summed E-state index contributed by atoms with van der Waals surface area (Å²) in [6.45, 7) is 1.81. The van der Waals surface area contributed by atoms with E-state index < -0.39 is 15.8 Å². The van der Waals surface area contributed by atoms with Gasteiger partial charge < -0.3 is 5.11 Å². The maximum atomic E-state index is 11.4. The van der Waals surface area contributed by atoms with E-state index in [1.54, 1.807) is 6.07 Å². The maximum Gasteiger partial charge on any atom is 0.336 e. The van der Waals surface area contributed by atoms with Crippen LogP contribution in [0.15, 0.2) is 21.5 Å². The molecule has 0 heterocycles. The van der Waals surface area contributed by atoms with Gasteiger partial charge in [0, 0.05) is 10.7 Å². The molecule has 0 unspecified atom stereocenters. The third-order valence-corrected chi connectivity index (χ3v) is 4.22. The third kappa shape index (κ3) is 2.62. The van der Waals surface area contributed by atoms with Crippen LogP contribution in [0, 0.1) is 0 Å². The average molecular weight is 307 g/mol. The highest BCUT2D eigenvalue weighted by molar-refractivity contribution is 9.10. The predicted molar refractivity (Wildman–Crippen MR) is 63.6 cm³/mol. The van der Waals surface area contributed by atoms with Gasteiger partial charge in [0.25, 0.3) is 0 Å². The van der Waals surface area contributed by atoms with Gasteiger partial charge in [0.15, 0.2) is 9.84 Å². The normalized spacial score (nSPS) is 11.4. The molecule has 6 heteroatoms. The van der Waals surface area contributed by atoms with Crippen molar-refractivity contribution < 1.29 is 18.3 Å². The van der Waals surface area contributed by atoms with E-state index in [2.05, 4.69) is 15.9 Å². The molecule has 0 fully saturated rings. The molecular formula is C10H11BrO4S. The van der Waals surface area contributed by atoms with E-state index in [9.17, 15) is 13.2 Å². The van der Waals surface area contributed by atoms with Gasteiger partial charge in [0.2, 0.25) is 0 Å². The van der Waals surface area contributed by atoms with Gasteiger partial charge in [0.05, 0.1) is 10.5 Å². The minimum absolute atomic E-state index is 0.00194. The molecule has 1 aromatic rings. The van der Waals surface area contributed by atoms with Crippen molar-refractivity contribution in [1.29, 1.82) is 0 Å². The van der Waals surface area contributed by atoms with E-state index >= 15 is 0 Å². The lowest BCUT2D eigenvalue weighted by Gasteiger charge is -2.08. The van der Waals surface area contributed by atoms with Crippen molar-refractivity contribution in [3.63, 3.8) is 0 Å². The molecule has 1 aromatic carbocycles. The summed E-state index contributed by atoms with van der Waals surface area (Å²) in [5.74, 6) is -1.12. The Morgan fingerprint density at radius 3 is 2.38 bits per heavy atom. The molecule has 0 spiro atoms. The number of halogens is 1. The number of hydrogen-bond acceptors (Lipinski definition) is 3. The van der Waals surface area contributed by atoms with Gasteiger partial charge in [-0.25, -0.2) is 13.2 Å². The molecule has 0 bridgehead atoms. The topological polar surface area (TPSA) is 71.4 Å². The van der Waals surface area contributed by atoms with E-state index in [4.69, 9.17) is 5.11 Å². The third-order valence-electron chi connectivity index (χ3n) is 2.17. The van der Waals surface area contributed by atoms with Crippen molar-refractivity contribution in [3.05, 3.63) is 27.7 Å². The van der Waals surface area contributed by atoms with Crippen LogP contribution in [-0.4, -0.2) is 25.7 Å². The first-order valence-electron chi connectivity index (χ1n) is 4.53. The van der Waals surface area contributed by atoms with Gasteiger partial charge in [0.1, 0.15) is 0 Å². The van der Waals surface area contributed by atoms with Crippen molar-refractivity contribution >= 4 is 31.7 Å². The van der Waals surface area contributed by atoms with Crippen LogP contribution >= 0.6 is 15.9 Å². The van der Waals surface area contributed by atoms with E-state index in [0.717, 1.165) is 6.26 Å². The monoisotopic (exact) mass is 306 g/mol. The van der Waals surface area contributed by atoms with E-state index in [1.165, 1.54) is 6.07 Å². The first-order chi connectivity index (χ1) is 7.27. The minimum Gasteiger partial charge on any atom is -0.478 e. The zero-order valence-electron chi connectivity index (χ0n) is 8.82. The highest BCUT2D eigenvalue weighted by Crippen LogP contribution is 2.26. The minimum atomic E-state index is -3.42. The highest BCUT2D eigenvalue weighted by atomic mass is 79.9. The second-order valence-corrected chi connectivity index (χ2v) is 6.21. The lowest BCUT2D eigenvalue weighted by molar-refractivity contribution is 0.0695. The Labute approximate surface area is 102 Å². The van der Waals surface area contributed by atoms with Crippen LogP contribution in [0.2, 0.25) is 0 Å². The van der Waals surface area contributed by atoms with Crippen molar-refractivity contribution in [3.8, 4) is 0 Å². The van der Waals surface area contributed by atoms with Crippen molar-refractivity contribution in [2.45, 2.75) is 18.2 Å². The lowest BCUT2D eigenvalue weighted by atomic mass is 10.1. The summed E-state index contributed by atoms with van der Waals surface area (Å²) in [7, 11) is -3.42. The molecule has 0 aliphatic heterocycles. The fraction of sp³-hybridized carbons (Fsp3) is 0.300. The summed E-state index contributed by atoms with van der Waals surface area (Å²) >= 11 is 3.13. The first-order valence-corrected chi connectivity index (χ1v) is 7.21. The number of aryl methyl sites for hydroxylation is 1. The van der Waals surface area contributed by atoms with Crippen molar-refractivity contribution in [2.75, 3.05) is 6.26 Å². The largest absolute Gasteiger partial charge is 0.478 e. The van der Waals surface area contributed by atoms with Gasteiger partial charge in [-0.2, -0.15) is 0 Å². The summed E-state index contributed by atoms with van der Waals surface area (Å²) in [5, 5.41) is 8.97. The number of hydrogen-bond donors (Lipinski definition) is 1. The van der Waals surface area contributed by atoms with Crippen molar-refractivity contribution in [1.82, 2.24) is 0 Å². The molecule has 16 heavy (non-hydrogen) atoms. The summed E-state index contributed by atoms with van der Waals surface area (Å²) < 4.78 is 23.2. The molecular weight excluding hydrogens is 296 g/mol. The standard InChI is InChI=1S/C10H11BrO4S/c1-3-6-4-8(11)9(16(2,14)15)5-7(6)10(12)13/h4-5H,3H2,1-2H3,(H,12,13). The second kappa shape index (κ2) is 4.55. The maximum absolute atomic E-state index is 11.4. The van der Waals surface area contributed by atoms with E-state index in [0.29, 0.717) is 16.5 Å². The predicted octanol–water partition coefficient (Wildman–Crippen LogP) is 2.11. The summed E-state index contributed by atoms with van der Waals surface area (Å²) in [6, 6.07) is 2.74. The van der Waals surface area contributed by atoms with Crippen LogP contribution in [0.5, 0.6) is 0 Å². The molecule has 4 nitrogen and oxygen atoms in total. The Morgan fingerprint density at radius 2 is 2.00 bits per heavy atom. The Hall–Kier alpha value is -0.880. The quantitative estimate of drug-likeness (QED) is 0.928. The number of sulfone groups is 1. The van der Waals surface area contributed by atoms with E-state index in [-0.39, 0.29) is 10.5 Å². The van der Waals surface area contributed by atoms with Crippen LogP contribution in [0.25, 0.3) is 0 Å². The molecule has 0 radical (unpaired) electrons. The van der Waals surface area contributed by atoms with Gasteiger partial charge in [-0.1, -0.05) is 6.92 Å². The van der Waals surface area contributed by atoms with Gasteiger partial charge in [-0.05, 0) is 40.0 Å². The Balaban J connectivity index is 3.58. The Morgan fingerprint density at radius 1 is 1.44 bits per heavy atom. The molecule has 88 valence electrons. The smallest absolute Gasteiger partial charge is 0.336 e. The van der Waals surface area contributed by atoms with Crippen LogP contribution in [0.4, 0.5) is 0 Å². The molecule has 0 aromatic heterocycles. The van der Waals surface area contributed by atoms with Crippen LogP contribution in [0.3, 0.4) is 0 Å². The fourth-order valence-corrected chi connectivity index (χ4v) is 3.39. The Bertz CT molecular complexity index is 534. The Kier molecular flexibility index (Phi) is 3.75. The summed E-state index contributed by atoms with van der Waals surface area (Å²) in [5.41, 5.74) is 0.637. The van der Waals surface area contributed by atoms with Crippen LogP contribution < -0.4 is 0 Å². The molecule has 0 saturated carbocycles. The molecule has 1 rings (SSSR count). The first kappa shape index (κ1) is 13.2. The molecule has 0 amide bonds. The van der Waals surface area contributed by atoms with Gasteiger partial charge in [-0.15, -0.1) is 0 Å². The van der Waals surface area contributed by atoms with Gasteiger partial charge in [-0.3, -0.25) is 0 Å². The lowest BCUT2D eigenvalue weighted by Crippen LogP contribution is -2.06. The van der Waals surface area contributed by atoms with Crippen LogP contribution in [-0.2, 0) is 16.3 Å². The molecule has 0 aliphatic carbocycles. The van der Waals surface area contributed by atoms with E-state index in [1.807, 2.05) is 6.92 Å². The number of carboxylic acid groups (broad SMARTS) is 1. The molecule has 1 N–H and O–H groups in total. The molecule has 0 saturated heterocycles. The fourth-order valence-electron chi connectivity index (χ4n) is 1.37. The number of carboxylic acids is 1. The zero-order valence-corrected chi connectivity index (χ0v) is 11.2. The molecule has 0 atom stereocenters. The number of aromatic carboxylic acids is 1. The summed E-state index contributed by atoms with van der Waals surface area (Å²) in [4.78, 5) is 11.0. The molecule has 0 aliphatic rings. The van der Waals surface area contributed by atoms with Gasteiger partial charge >= 0.3 is 5.97 Å². The van der Waals surface area contributed by atoms with Crippen LogP contribution in [0.1, 0.15) is 22.8 Å². The average Bonchev–Trinajstić information content (AvgIpc) is 2.14. The number of benzene rings is 1. The number of rotatable bonds is 3. The number of carbonyl (C=O) groups is 1.